The molecule has 0 aliphatic carbocycles. The van der Waals surface area contributed by atoms with Crippen molar-refractivity contribution in [2.24, 2.45) is 5.92 Å². The first-order valence-corrected chi connectivity index (χ1v) is 2.51. The maximum atomic E-state index is 4.02. The van der Waals surface area contributed by atoms with Crippen LogP contribution in [0.3, 0.4) is 0 Å². The summed E-state index contributed by atoms with van der Waals surface area (Å²) in [5.41, 5.74) is 0. The summed E-state index contributed by atoms with van der Waals surface area (Å²) in [5.74, 6) is 1.75. The van der Waals surface area contributed by atoms with Crippen molar-refractivity contribution in [2.45, 2.75) is 13.8 Å². The summed E-state index contributed by atoms with van der Waals surface area (Å²) in [6, 6.07) is 0. The van der Waals surface area contributed by atoms with Crippen molar-refractivity contribution in [3.05, 3.63) is 0 Å². The Morgan fingerprint density at radius 1 is 1.50 bits per heavy atom. The molecular formula is C4H11KS. The van der Waals surface area contributed by atoms with Crippen LogP contribution in [0.25, 0.3) is 0 Å². The Morgan fingerprint density at radius 3 is 1.67 bits per heavy atom. The molecule has 0 fully saturated rings. The summed E-state index contributed by atoms with van der Waals surface area (Å²) >= 11 is 4.02. The van der Waals surface area contributed by atoms with E-state index >= 15 is 0 Å². The van der Waals surface area contributed by atoms with Crippen LogP contribution in [0.1, 0.15) is 13.8 Å². The second-order valence-corrected chi connectivity index (χ2v) is 1.94. The van der Waals surface area contributed by atoms with E-state index < -0.39 is 0 Å². The molecule has 0 aromatic carbocycles. The molecule has 0 saturated heterocycles. The standard InChI is InChI=1S/C4H10S.K.H/c1-4(2)3-5;;/h4-5H,3H2,1-2H3;;. The monoisotopic (exact) mass is 130 g/mol. The van der Waals surface area contributed by atoms with Gasteiger partial charge in [-0.25, -0.2) is 0 Å². The molecule has 2 heteroatoms. The van der Waals surface area contributed by atoms with E-state index in [-0.39, 0.29) is 51.4 Å². The van der Waals surface area contributed by atoms with Crippen molar-refractivity contribution in [3.8, 4) is 0 Å². The van der Waals surface area contributed by atoms with Crippen LogP contribution < -0.4 is 0 Å². The van der Waals surface area contributed by atoms with Crippen molar-refractivity contribution in [3.63, 3.8) is 0 Å². The second kappa shape index (κ2) is 6.99. The quantitative estimate of drug-likeness (QED) is 0.396. The third-order valence-electron chi connectivity index (χ3n) is 0.365. The second-order valence-electron chi connectivity index (χ2n) is 1.58. The van der Waals surface area contributed by atoms with Crippen LogP contribution in [0.4, 0.5) is 0 Å². The van der Waals surface area contributed by atoms with Gasteiger partial charge in [0, 0.05) is 0 Å². The first kappa shape index (κ1) is 10.9. The van der Waals surface area contributed by atoms with Gasteiger partial charge in [-0.2, -0.15) is 12.6 Å². The van der Waals surface area contributed by atoms with E-state index in [9.17, 15) is 0 Å². The van der Waals surface area contributed by atoms with Crippen LogP contribution in [0.15, 0.2) is 0 Å². The van der Waals surface area contributed by atoms with Gasteiger partial charge in [0.15, 0.2) is 0 Å². The summed E-state index contributed by atoms with van der Waals surface area (Å²) < 4.78 is 0. The number of hydrogen-bond donors (Lipinski definition) is 1. The molecule has 0 nitrogen and oxygen atoms in total. The summed E-state index contributed by atoms with van der Waals surface area (Å²) in [6.45, 7) is 4.29. The van der Waals surface area contributed by atoms with Gasteiger partial charge in [-0.1, -0.05) is 13.8 Å². The van der Waals surface area contributed by atoms with Gasteiger partial charge in [0.25, 0.3) is 0 Å². The molecule has 0 radical (unpaired) electrons. The summed E-state index contributed by atoms with van der Waals surface area (Å²) in [4.78, 5) is 0. The Hall–Kier alpha value is 1.99. The minimum atomic E-state index is 0. The van der Waals surface area contributed by atoms with Gasteiger partial charge in [-0.15, -0.1) is 0 Å². The van der Waals surface area contributed by atoms with Gasteiger partial charge < -0.3 is 0 Å². The normalized spacial score (nSPS) is 8.00. The molecule has 0 aromatic heterocycles. The number of rotatable bonds is 1. The van der Waals surface area contributed by atoms with E-state index in [0.717, 1.165) is 11.7 Å². The fraction of sp³-hybridized carbons (Fsp3) is 1.00. The average Bonchev–Trinajstić information content (AvgIpc) is 1.38. The Kier molecular flexibility index (Phi) is 12.7. The van der Waals surface area contributed by atoms with Crippen LogP contribution in [0, 0.1) is 5.92 Å². The number of thiol groups is 1. The Morgan fingerprint density at radius 2 is 1.67 bits per heavy atom. The van der Waals surface area contributed by atoms with Crippen molar-refractivity contribution in [2.75, 3.05) is 5.75 Å². The third kappa shape index (κ3) is 9.37. The molecule has 0 spiro atoms. The Bertz CT molecular complexity index is 21.5. The van der Waals surface area contributed by atoms with Gasteiger partial charge in [0.1, 0.15) is 0 Å². The third-order valence-corrected chi connectivity index (χ3v) is 1.10. The molecule has 0 aliphatic heterocycles. The zero-order chi connectivity index (χ0) is 4.28. The van der Waals surface area contributed by atoms with E-state index in [1.54, 1.807) is 0 Å². The zero-order valence-corrected chi connectivity index (χ0v) is 4.63. The van der Waals surface area contributed by atoms with Gasteiger partial charge in [-0.3, -0.25) is 0 Å². The predicted molar refractivity (Wildman–Crippen MR) is 35.8 cm³/mol. The molecule has 0 atom stereocenters. The molecule has 0 amide bonds. The molecule has 0 aromatic rings. The van der Waals surface area contributed by atoms with E-state index in [4.69, 9.17) is 0 Å². The summed E-state index contributed by atoms with van der Waals surface area (Å²) in [5, 5.41) is 0. The van der Waals surface area contributed by atoms with Crippen LogP contribution in [-0.2, 0) is 0 Å². The van der Waals surface area contributed by atoms with E-state index in [2.05, 4.69) is 26.5 Å². The molecule has 34 valence electrons. The molecular weight excluding hydrogens is 119 g/mol. The van der Waals surface area contributed by atoms with Gasteiger partial charge >= 0.3 is 51.4 Å². The predicted octanol–water partition coefficient (Wildman–Crippen LogP) is 0.924. The summed E-state index contributed by atoms with van der Waals surface area (Å²) in [6.07, 6.45) is 0. The van der Waals surface area contributed by atoms with Crippen molar-refractivity contribution in [1.29, 1.82) is 0 Å². The molecule has 0 bridgehead atoms. The summed E-state index contributed by atoms with van der Waals surface area (Å²) in [7, 11) is 0. The topological polar surface area (TPSA) is 0 Å². The van der Waals surface area contributed by atoms with Crippen molar-refractivity contribution >= 4 is 64.0 Å². The molecule has 0 rings (SSSR count). The average molecular weight is 130 g/mol. The van der Waals surface area contributed by atoms with Gasteiger partial charge in [0.05, 0.1) is 0 Å². The van der Waals surface area contributed by atoms with Crippen LogP contribution >= 0.6 is 12.6 Å². The molecule has 6 heavy (non-hydrogen) atoms. The van der Waals surface area contributed by atoms with Gasteiger partial charge in [-0.05, 0) is 11.7 Å². The Balaban J connectivity index is 0. The fourth-order valence-corrected chi connectivity index (χ4v) is 0. The molecule has 0 saturated carbocycles. The molecule has 0 aliphatic rings. The molecule has 0 N–H and O–H groups in total. The molecule has 0 heterocycles. The van der Waals surface area contributed by atoms with E-state index in [1.807, 2.05) is 0 Å². The van der Waals surface area contributed by atoms with E-state index in [0.29, 0.717) is 0 Å². The SMILES string of the molecule is CC(C)CS.[KH]. The first-order chi connectivity index (χ1) is 2.27. The van der Waals surface area contributed by atoms with Crippen molar-refractivity contribution < 1.29 is 0 Å². The van der Waals surface area contributed by atoms with Crippen LogP contribution in [-0.4, -0.2) is 57.1 Å². The minimum absolute atomic E-state index is 0. The van der Waals surface area contributed by atoms with Crippen LogP contribution in [0.5, 0.6) is 0 Å². The Labute approximate surface area is 87.9 Å². The van der Waals surface area contributed by atoms with Crippen molar-refractivity contribution in [1.82, 2.24) is 0 Å². The first-order valence-electron chi connectivity index (χ1n) is 1.88. The van der Waals surface area contributed by atoms with E-state index in [1.165, 1.54) is 0 Å². The molecule has 0 unspecified atom stereocenters. The maximum absolute atomic E-state index is 4.02. The van der Waals surface area contributed by atoms with Gasteiger partial charge in [0.2, 0.25) is 0 Å². The zero-order valence-electron chi connectivity index (χ0n) is 3.73. The number of hydrogen-bond acceptors (Lipinski definition) is 1. The fourth-order valence-electron chi connectivity index (χ4n) is 0. The van der Waals surface area contributed by atoms with Crippen LogP contribution in [0.2, 0.25) is 0 Å².